The molecule has 0 radical (unpaired) electrons. The van der Waals surface area contributed by atoms with E-state index >= 15 is 0 Å². The van der Waals surface area contributed by atoms with Crippen molar-refractivity contribution in [3.8, 4) is 0 Å². The highest BCUT2D eigenvalue weighted by atomic mass is 16.6. The summed E-state index contributed by atoms with van der Waals surface area (Å²) < 4.78 is 10.6. The Hall–Kier alpha value is -1.63. The Morgan fingerprint density at radius 1 is 1.39 bits per heavy atom. The predicted octanol–water partition coefficient (Wildman–Crippen LogP) is 2.13. The van der Waals surface area contributed by atoms with Crippen LogP contribution in [-0.4, -0.2) is 51.4 Å². The van der Waals surface area contributed by atoms with Crippen molar-refractivity contribution in [1.29, 1.82) is 0 Å². The van der Waals surface area contributed by atoms with Gasteiger partial charge in [-0.1, -0.05) is 5.16 Å². The fourth-order valence-electron chi connectivity index (χ4n) is 3.65. The van der Waals surface area contributed by atoms with Crippen molar-refractivity contribution >= 4 is 6.09 Å². The molecule has 1 N–H and O–H groups in total. The standard InChI is InChI=1S/C16H26N4O3/c1-16(2,3)22-15(21)20-12-4-5-13(20)9-11(8-12)17-7-6-14-18-10-19-23-14/h10-13,17H,4-9H2,1-3H3. The molecule has 3 heterocycles. The van der Waals surface area contributed by atoms with Gasteiger partial charge in [-0.15, -0.1) is 0 Å². The highest BCUT2D eigenvalue weighted by molar-refractivity contribution is 5.69. The molecule has 0 aliphatic carbocycles. The number of hydrogen-bond acceptors (Lipinski definition) is 6. The molecule has 0 aromatic carbocycles. The van der Waals surface area contributed by atoms with E-state index in [1.165, 1.54) is 6.33 Å². The maximum atomic E-state index is 12.4. The lowest BCUT2D eigenvalue weighted by Crippen LogP contribution is -2.52. The highest BCUT2D eigenvalue weighted by Crippen LogP contribution is 2.36. The van der Waals surface area contributed by atoms with E-state index in [9.17, 15) is 4.79 Å². The average Bonchev–Trinajstić information content (AvgIpc) is 3.04. The Labute approximate surface area is 136 Å². The van der Waals surface area contributed by atoms with Gasteiger partial charge in [-0.3, -0.25) is 0 Å². The van der Waals surface area contributed by atoms with Gasteiger partial charge in [-0.2, -0.15) is 4.98 Å². The molecular weight excluding hydrogens is 296 g/mol. The zero-order chi connectivity index (χ0) is 16.4. The van der Waals surface area contributed by atoms with Gasteiger partial charge in [0, 0.05) is 31.1 Å². The number of amides is 1. The summed E-state index contributed by atoms with van der Waals surface area (Å²) in [7, 11) is 0. The van der Waals surface area contributed by atoms with Crippen molar-refractivity contribution in [2.45, 2.75) is 76.6 Å². The Kier molecular flexibility index (Phi) is 4.57. The lowest BCUT2D eigenvalue weighted by atomic mass is 9.97. The third-order valence-electron chi connectivity index (χ3n) is 4.52. The molecule has 2 unspecified atom stereocenters. The molecule has 0 saturated carbocycles. The molecule has 1 amide bonds. The molecular formula is C16H26N4O3. The van der Waals surface area contributed by atoms with Crippen molar-refractivity contribution < 1.29 is 14.1 Å². The third kappa shape index (κ3) is 4.02. The number of piperidine rings is 1. The van der Waals surface area contributed by atoms with Crippen LogP contribution >= 0.6 is 0 Å². The smallest absolute Gasteiger partial charge is 0.410 e. The molecule has 3 rings (SSSR count). The van der Waals surface area contributed by atoms with Gasteiger partial charge in [0.15, 0.2) is 6.33 Å². The van der Waals surface area contributed by atoms with Crippen molar-refractivity contribution in [1.82, 2.24) is 20.4 Å². The molecule has 7 heteroatoms. The zero-order valence-electron chi connectivity index (χ0n) is 14.1. The van der Waals surface area contributed by atoms with Crippen LogP contribution in [0.1, 0.15) is 52.3 Å². The summed E-state index contributed by atoms with van der Waals surface area (Å²) in [6.45, 7) is 6.56. The number of nitrogens with one attached hydrogen (secondary N) is 1. The predicted molar refractivity (Wildman–Crippen MR) is 83.9 cm³/mol. The molecule has 2 fully saturated rings. The van der Waals surface area contributed by atoms with Crippen LogP contribution in [0.25, 0.3) is 0 Å². The first-order valence-corrected chi connectivity index (χ1v) is 8.42. The van der Waals surface area contributed by atoms with Crippen LogP contribution in [0.3, 0.4) is 0 Å². The third-order valence-corrected chi connectivity index (χ3v) is 4.52. The Bertz CT molecular complexity index is 512. The molecule has 2 atom stereocenters. The summed E-state index contributed by atoms with van der Waals surface area (Å²) in [5.74, 6) is 0.659. The first kappa shape index (κ1) is 16.2. The number of carbonyl (C=O) groups excluding carboxylic acids is 1. The van der Waals surface area contributed by atoms with Crippen LogP contribution < -0.4 is 5.32 Å². The largest absolute Gasteiger partial charge is 0.444 e. The molecule has 128 valence electrons. The van der Waals surface area contributed by atoms with Gasteiger partial charge >= 0.3 is 6.09 Å². The van der Waals surface area contributed by atoms with Gasteiger partial charge in [0.1, 0.15) is 5.60 Å². The Morgan fingerprint density at radius 3 is 2.65 bits per heavy atom. The molecule has 2 bridgehead atoms. The summed E-state index contributed by atoms with van der Waals surface area (Å²) in [6.07, 6.45) is 6.13. The molecule has 1 aromatic heterocycles. The lowest BCUT2D eigenvalue weighted by Gasteiger charge is -2.39. The highest BCUT2D eigenvalue weighted by Gasteiger charge is 2.44. The first-order chi connectivity index (χ1) is 10.9. The van der Waals surface area contributed by atoms with E-state index in [0.29, 0.717) is 24.0 Å². The number of fused-ring (bicyclic) bond motifs is 2. The van der Waals surface area contributed by atoms with E-state index in [-0.39, 0.29) is 6.09 Å². The topological polar surface area (TPSA) is 80.5 Å². The van der Waals surface area contributed by atoms with Gasteiger partial charge in [-0.05, 0) is 46.5 Å². The van der Waals surface area contributed by atoms with Crippen LogP contribution in [0.5, 0.6) is 0 Å². The number of rotatable bonds is 4. The first-order valence-electron chi connectivity index (χ1n) is 8.42. The van der Waals surface area contributed by atoms with E-state index in [0.717, 1.165) is 38.6 Å². The van der Waals surface area contributed by atoms with Gasteiger partial charge in [0.2, 0.25) is 5.89 Å². The van der Waals surface area contributed by atoms with Gasteiger partial charge < -0.3 is 19.5 Å². The number of aromatic nitrogens is 2. The summed E-state index contributed by atoms with van der Waals surface area (Å²) in [5.41, 5.74) is -0.435. The fourth-order valence-corrected chi connectivity index (χ4v) is 3.65. The normalized spacial score (nSPS) is 27.3. The van der Waals surface area contributed by atoms with Crippen molar-refractivity contribution in [2.24, 2.45) is 0 Å². The molecule has 23 heavy (non-hydrogen) atoms. The van der Waals surface area contributed by atoms with Crippen LogP contribution in [0, 0.1) is 0 Å². The fraction of sp³-hybridized carbons (Fsp3) is 0.812. The maximum Gasteiger partial charge on any atom is 0.410 e. The molecule has 2 aliphatic heterocycles. The van der Waals surface area contributed by atoms with E-state index < -0.39 is 5.60 Å². The summed E-state index contributed by atoms with van der Waals surface area (Å²) >= 11 is 0. The van der Waals surface area contributed by atoms with Crippen LogP contribution in [-0.2, 0) is 11.2 Å². The van der Waals surface area contributed by atoms with Gasteiger partial charge in [0.25, 0.3) is 0 Å². The minimum absolute atomic E-state index is 0.158. The quantitative estimate of drug-likeness (QED) is 0.914. The lowest BCUT2D eigenvalue weighted by molar-refractivity contribution is 0.00476. The van der Waals surface area contributed by atoms with E-state index in [1.54, 1.807) is 0 Å². The average molecular weight is 322 g/mol. The van der Waals surface area contributed by atoms with Crippen molar-refractivity contribution in [2.75, 3.05) is 6.54 Å². The molecule has 2 aliphatic rings. The Balaban J connectivity index is 1.49. The van der Waals surface area contributed by atoms with Gasteiger partial charge in [-0.25, -0.2) is 4.79 Å². The molecule has 7 nitrogen and oxygen atoms in total. The minimum atomic E-state index is -0.435. The maximum absolute atomic E-state index is 12.4. The van der Waals surface area contributed by atoms with Gasteiger partial charge in [0.05, 0.1) is 0 Å². The number of nitrogens with zero attached hydrogens (tertiary/aromatic N) is 3. The molecule has 1 aromatic rings. The second-order valence-electron chi connectivity index (χ2n) is 7.48. The zero-order valence-corrected chi connectivity index (χ0v) is 14.1. The second kappa shape index (κ2) is 6.47. The second-order valence-corrected chi connectivity index (χ2v) is 7.48. The Morgan fingerprint density at radius 2 is 2.09 bits per heavy atom. The van der Waals surface area contributed by atoms with Crippen molar-refractivity contribution in [3.63, 3.8) is 0 Å². The van der Waals surface area contributed by atoms with Crippen LogP contribution in [0.4, 0.5) is 4.79 Å². The van der Waals surface area contributed by atoms with E-state index in [2.05, 4.69) is 15.5 Å². The summed E-state index contributed by atoms with van der Waals surface area (Å²) in [4.78, 5) is 18.4. The van der Waals surface area contributed by atoms with Crippen LogP contribution in [0.15, 0.2) is 10.9 Å². The van der Waals surface area contributed by atoms with Crippen LogP contribution in [0.2, 0.25) is 0 Å². The van der Waals surface area contributed by atoms with E-state index in [1.807, 2.05) is 25.7 Å². The summed E-state index contributed by atoms with van der Waals surface area (Å²) in [6, 6.07) is 1.03. The number of ether oxygens (including phenoxy) is 1. The van der Waals surface area contributed by atoms with E-state index in [4.69, 9.17) is 9.26 Å². The molecule has 0 spiro atoms. The SMILES string of the molecule is CC(C)(C)OC(=O)N1C2CCC1CC(NCCc1ncno1)C2. The monoisotopic (exact) mass is 322 g/mol. The minimum Gasteiger partial charge on any atom is -0.444 e. The number of carbonyl (C=O) groups is 1. The molecule has 2 saturated heterocycles. The number of hydrogen-bond donors (Lipinski definition) is 1. The van der Waals surface area contributed by atoms with Crippen molar-refractivity contribution in [3.05, 3.63) is 12.2 Å². The summed E-state index contributed by atoms with van der Waals surface area (Å²) in [5, 5.41) is 7.17.